The number of methoxy groups -OCH3 is 2. The van der Waals surface area contributed by atoms with Gasteiger partial charge in [-0.15, -0.1) is 0 Å². The Labute approximate surface area is 188 Å². The Morgan fingerprint density at radius 2 is 1.94 bits per heavy atom. The number of hydrogen-bond donors (Lipinski definition) is 1. The maximum absolute atomic E-state index is 13.0. The average molecular weight is 448 g/mol. The maximum Gasteiger partial charge on any atom is 0.227 e. The van der Waals surface area contributed by atoms with Crippen LogP contribution in [-0.2, 0) is 19.1 Å². The van der Waals surface area contributed by atoms with Gasteiger partial charge in [-0.2, -0.15) is 0 Å². The monoisotopic (exact) mass is 447 g/mol. The summed E-state index contributed by atoms with van der Waals surface area (Å²) < 4.78 is 21.7. The maximum atomic E-state index is 13.0. The van der Waals surface area contributed by atoms with E-state index in [0.717, 1.165) is 45.9 Å². The minimum atomic E-state index is -0.374. The first kappa shape index (κ1) is 22.8. The number of nitrogens with one attached hydrogen (secondary N) is 1. The molecule has 3 heterocycles. The lowest BCUT2D eigenvalue weighted by Gasteiger charge is -2.37. The van der Waals surface area contributed by atoms with Crippen LogP contribution in [0.5, 0.6) is 11.5 Å². The van der Waals surface area contributed by atoms with E-state index in [1.807, 2.05) is 6.07 Å². The SMILES string of the molecule is COc1ccc(N2CC(C(=O)NCC(C3CCOC3)N3CCOCC3)CC2=O)cc1OC. The van der Waals surface area contributed by atoms with Gasteiger partial charge in [0.2, 0.25) is 11.8 Å². The van der Waals surface area contributed by atoms with Crippen molar-refractivity contribution in [3.8, 4) is 11.5 Å². The van der Waals surface area contributed by atoms with E-state index in [4.69, 9.17) is 18.9 Å². The number of carbonyl (C=O) groups is 2. The lowest BCUT2D eigenvalue weighted by molar-refractivity contribution is -0.126. The molecule has 9 heteroatoms. The van der Waals surface area contributed by atoms with E-state index in [1.54, 1.807) is 31.3 Å². The molecule has 3 unspecified atom stereocenters. The van der Waals surface area contributed by atoms with Crippen molar-refractivity contribution in [3.63, 3.8) is 0 Å². The number of ether oxygens (including phenoxy) is 4. The molecule has 9 nitrogen and oxygen atoms in total. The van der Waals surface area contributed by atoms with E-state index >= 15 is 0 Å². The molecule has 3 fully saturated rings. The van der Waals surface area contributed by atoms with Gasteiger partial charge < -0.3 is 29.2 Å². The number of nitrogens with zero attached hydrogens (tertiary/aromatic N) is 2. The number of carbonyl (C=O) groups excluding carboxylic acids is 2. The first-order valence-corrected chi connectivity index (χ1v) is 11.3. The first-order valence-electron chi connectivity index (χ1n) is 11.3. The highest BCUT2D eigenvalue weighted by atomic mass is 16.5. The molecule has 0 spiro atoms. The van der Waals surface area contributed by atoms with Crippen molar-refractivity contribution in [1.29, 1.82) is 0 Å². The lowest BCUT2D eigenvalue weighted by atomic mass is 9.96. The van der Waals surface area contributed by atoms with Crippen molar-refractivity contribution in [2.24, 2.45) is 11.8 Å². The van der Waals surface area contributed by atoms with Gasteiger partial charge >= 0.3 is 0 Å². The molecule has 3 aliphatic rings. The third kappa shape index (κ3) is 5.00. The molecule has 4 rings (SSSR count). The molecular formula is C23H33N3O6. The van der Waals surface area contributed by atoms with Crippen molar-refractivity contribution in [2.45, 2.75) is 18.9 Å². The van der Waals surface area contributed by atoms with Crippen LogP contribution in [0.4, 0.5) is 5.69 Å². The largest absolute Gasteiger partial charge is 0.493 e. The summed E-state index contributed by atoms with van der Waals surface area (Å²) >= 11 is 0. The smallest absolute Gasteiger partial charge is 0.227 e. The quantitative estimate of drug-likeness (QED) is 0.634. The molecule has 3 saturated heterocycles. The molecule has 1 aromatic carbocycles. The molecule has 1 aromatic rings. The summed E-state index contributed by atoms with van der Waals surface area (Å²) in [6.45, 7) is 5.59. The van der Waals surface area contributed by atoms with Crippen molar-refractivity contribution in [3.05, 3.63) is 18.2 Å². The highest BCUT2D eigenvalue weighted by Gasteiger charge is 2.37. The molecule has 3 atom stereocenters. The summed E-state index contributed by atoms with van der Waals surface area (Å²) in [5.74, 6) is 1.05. The van der Waals surface area contributed by atoms with Crippen LogP contribution in [0, 0.1) is 11.8 Å². The van der Waals surface area contributed by atoms with Gasteiger partial charge in [0, 0.05) is 62.9 Å². The molecule has 3 aliphatic heterocycles. The Morgan fingerprint density at radius 1 is 1.16 bits per heavy atom. The molecular weight excluding hydrogens is 414 g/mol. The highest BCUT2D eigenvalue weighted by Crippen LogP contribution is 2.34. The fraction of sp³-hybridized carbons (Fsp3) is 0.652. The van der Waals surface area contributed by atoms with E-state index < -0.39 is 0 Å². The summed E-state index contributed by atoms with van der Waals surface area (Å²) in [5.41, 5.74) is 0.706. The van der Waals surface area contributed by atoms with E-state index in [-0.39, 0.29) is 30.2 Å². The third-order valence-corrected chi connectivity index (χ3v) is 6.68. The van der Waals surface area contributed by atoms with Crippen molar-refractivity contribution in [1.82, 2.24) is 10.2 Å². The highest BCUT2D eigenvalue weighted by molar-refractivity contribution is 6.00. The van der Waals surface area contributed by atoms with Crippen LogP contribution >= 0.6 is 0 Å². The van der Waals surface area contributed by atoms with Gasteiger partial charge in [-0.05, 0) is 18.6 Å². The van der Waals surface area contributed by atoms with Crippen molar-refractivity contribution < 1.29 is 28.5 Å². The molecule has 176 valence electrons. The molecule has 0 bridgehead atoms. The Bertz CT molecular complexity index is 807. The van der Waals surface area contributed by atoms with Crippen LogP contribution in [0.25, 0.3) is 0 Å². The van der Waals surface area contributed by atoms with E-state index in [1.165, 1.54) is 0 Å². The van der Waals surface area contributed by atoms with Gasteiger partial charge in [0.15, 0.2) is 11.5 Å². The number of rotatable bonds is 8. The number of morpholine rings is 1. The number of benzene rings is 1. The minimum absolute atomic E-state index is 0.0636. The Balaban J connectivity index is 1.37. The zero-order valence-corrected chi connectivity index (χ0v) is 18.9. The van der Waals surface area contributed by atoms with Crippen molar-refractivity contribution in [2.75, 3.05) is 71.7 Å². The second kappa shape index (κ2) is 10.5. The second-order valence-corrected chi connectivity index (χ2v) is 8.53. The predicted octanol–water partition coefficient (Wildman–Crippen LogP) is 0.910. The van der Waals surface area contributed by atoms with Crippen LogP contribution in [0.2, 0.25) is 0 Å². The average Bonchev–Trinajstić information content (AvgIpc) is 3.49. The van der Waals surface area contributed by atoms with Crippen LogP contribution in [-0.4, -0.2) is 89.6 Å². The second-order valence-electron chi connectivity index (χ2n) is 8.53. The topological polar surface area (TPSA) is 89.6 Å². The molecule has 1 N–H and O–H groups in total. The third-order valence-electron chi connectivity index (χ3n) is 6.68. The predicted molar refractivity (Wildman–Crippen MR) is 118 cm³/mol. The Morgan fingerprint density at radius 3 is 2.62 bits per heavy atom. The standard InChI is InChI=1S/C23H33N3O6/c1-29-20-4-3-18(12-21(20)30-2)26-14-17(11-22(26)27)23(28)24-13-19(16-5-8-32-15-16)25-6-9-31-10-7-25/h3-4,12,16-17,19H,5-11,13-15H2,1-2H3,(H,24,28). The van der Waals surface area contributed by atoms with Gasteiger partial charge in [0.05, 0.1) is 40.0 Å². The van der Waals surface area contributed by atoms with Crippen LogP contribution in [0.15, 0.2) is 18.2 Å². The molecule has 32 heavy (non-hydrogen) atoms. The zero-order valence-electron chi connectivity index (χ0n) is 18.9. The summed E-state index contributed by atoms with van der Waals surface area (Å²) in [5, 5.41) is 3.13. The summed E-state index contributed by atoms with van der Waals surface area (Å²) in [4.78, 5) is 29.7. The minimum Gasteiger partial charge on any atom is -0.493 e. The molecule has 0 aliphatic carbocycles. The van der Waals surface area contributed by atoms with E-state index in [0.29, 0.717) is 36.2 Å². The van der Waals surface area contributed by atoms with E-state index in [9.17, 15) is 9.59 Å². The van der Waals surface area contributed by atoms with Crippen LogP contribution in [0.3, 0.4) is 0 Å². The normalized spacial score (nSPS) is 25.1. The van der Waals surface area contributed by atoms with Gasteiger partial charge in [0.25, 0.3) is 0 Å². The van der Waals surface area contributed by atoms with E-state index in [2.05, 4.69) is 10.2 Å². The molecule has 2 amide bonds. The van der Waals surface area contributed by atoms with Crippen LogP contribution < -0.4 is 19.7 Å². The number of hydrogen-bond acceptors (Lipinski definition) is 7. The lowest BCUT2D eigenvalue weighted by Crippen LogP contribution is -2.53. The zero-order chi connectivity index (χ0) is 22.5. The van der Waals surface area contributed by atoms with Crippen LogP contribution in [0.1, 0.15) is 12.8 Å². The fourth-order valence-electron chi connectivity index (χ4n) is 4.83. The van der Waals surface area contributed by atoms with Gasteiger partial charge in [0.1, 0.15) is 0 Å². The van der Waals surface area contributed by atoms with Gasteiger partial charge in [-0.1, -0.05) is 0 Å². The summed E-state index contributed by atoms with van der Waals surface area (Å²) in [6.07, 6.45) is 1.21. The number of anilines is 1. The molecule has 0 radical (unpaired) electrons. The van der Waals surface area contributed by atoms with Gasteiger partial charge in [-0.25, -0.2) is 0 Å². The number of amides is 2. The molecule has 0 saturated carbocycles. The Hall–Kier alpha value is -2.36. The Kier molecular flexibility index (Phi) is 7.49. The summed E-state index contributed by atoms with van der Waals surface area (Å²) in [7, 11) is 3.13. The molecule has 0 aromatic heterocycles. The fourth-order valence-corrected chi connectivity index (χ4v) is 4.83. The summed E-state index contributed by atoms with van der Waals surface area (Å²) in [6, 6.07) is 5.58. The van der Waals surface area contributed by atoms with Crippen molar-refractivity contribution >= 4 is 17.5 Å². The van der Waals surface area contributed by atoms with Gasteiger partial charge in [-0.3, -0.25) is 14.5 Å². The first-order chi connectivity index (χ1) is 15.6.